The van der Waals surface area contributed by atoms with E-state index in [0.717, 1.165) is 28.4 Å². The van der Waals surface area contributed by atoms with Gasteiger partial charge in [-0.1, -0.05) is 11.2 Å². The lowest BCUT2D eigenvalue weighted by molar-refractivity contribution is -0.131. The highest BCUT2D eigenvalue weighted by Gasteiger charge is 2.30. The summed E-state index contributed by atoms with van der Waals surface area (Å²) in [6.07, 6.45) is 1.87. The highest BCUT2D eigenvalue weighted by Crippen LogP contribution is 2.19. The molecule has 7 heteroatoms. The molecular formula is C15H18N4O2S. The maximum absolute atomic E-state index is 12.1. The Balaban J connectivity index is 1.58. The van der Waals surface area contributed by atoms with Gasteiger partial charge in [0.15, 0.2) is 0 Å². The molecule has 1 N–H and O–H groups in total. The number of amides is 1. The van der Waals surface area contributed by atoms with Crippen molar-refractivity contribution in [3.8, 4) is 0 Å². The first-order chi connectivity index (χ1) is 10.7. The van der Waals surface area contributed by atoms with E-state index in [1.165, 1.54) is 0 Å². The van der Waals surface area contributed by atoms with Gasteiger partial charge in [0.05, 0.1) is 18.0 Å². The Labute approximate surface area is 132 Å². The van der Waals surface area contributed by atoms with Crippen LogP contribution in [0.3, 0.4) is 0 Å². The minimum absolute atomic E-state index is 0.132. The van der Waals surface area contributed by atoms with E-state index in [2.05, 4.69) is 15.6 Å². The van der Waals surface area contributed by atoms with Crippen LogP contribution in [0.15, 0.2) is 28.9 Å². The largest absolute Gasteiger partial charge is 0.382 e. The first-order valence-electron chi connectivity index (χ1n) is 7.24. The maximum atomic E-state index is 12.1. The molecule has 0 aromatic carbocycles. The van der Waals surface area contributed by atoms with Crippen molar-refractivity contribution >= 4 is 23.0 Å². The second-order valence-electron chi connectivity index (χ2n) is 5.12. The standard InChI is InChI=1S/C15H18N4O2S/c1-3-19-9-12(10(2)17-19)13-7-14(21-18-13)15(20)16-8-11-5-4-6-22-11/h4-6,9,14H,3,7-8H2,1-2H3,(H,16,20). The molecule has 0 spiro atoms. The van der Waals surface area contributed by atoms with Crippen molar-refractivity contribution in [1.29, 1.82) is 0 Å². The van der Waals surface area contributed by atoms with Crippen LogP contribution in [0.5, 0.6) is 0 Å². The lowest BCUT2D eigenvalue weighted by atomic mass is 10.1. The molecule has 0 fully saturated rings. The molecule has 1 aliphatic heterocycles. The zero-order valence-corrected chi connectivity index (χ0v) is 13.4. The molecule has 1 unspecified atom stereocenters. The molecule has 22 heavy (non-hydrogen) atoms. The van der Waals surface area contributed by atoms with Gasteiger partial charge in [0, 0.05) is 29.6 Å². The number of nitrogens with one attached hydrogen (secondary N) is 1. The second-order valence-corrected chi connectivity index (χ2v) is 6.15. The third kappa shape index (κ3) is 3.04. The van der Waals surface area contributed by atoms with Crippen molar-refractivity contribution in [2.75, 3.05) is 0 Å². The summed E-state index contributed by atoms with van der Waals surface area (Å²) in [7, 11) is 0. The lowest BCUT2D eigenvalue weighted by Crippen LogP contribution is -2.34. The molecule has 0 radical (unpaired) electrons. The monoisotopic (exact) mass is 318 g/mol. The SMILES string of the molecule is CCn1cc(C2=NOC(C(=O)NCc3cccs3)C2)c(C)n1. The number of carbonyl (C=O) groups excluding carboxylic acids is 1. The third-order valence-corrected chi connectivity index (χ3v) is 4.44. The van der Waals surface area contributed by atoms with E-state index >= 15 is 0 Å². The van der Waals surface area contributed by atoms with Crippen molar-refractivity contribution in [1.82, 2.24) is 15.1 Å². The Morgan fingerprint density at radius 1 is 1.59 bits per heavy atom. The number of hydrogen-bond acceptors (Lipinski definition) is 5. The number of carbonyl (C=O) groups is 1. The van der Waals surface area contributed by atoms with Crippen LogP contribution in [0.2, 0.25) is 0 Å². The molecule has 6 nitrogen and oxygen atoms in total. The summed E-state index contributed by atoms with van der Waals surface area (Å²) in [4.78, 5) is 18.5. The van der Waals surface area contributed by atoms with E-state index in [4.69, 9.17) is 4.84 Å². The van der Waals surface area contributed by atoms with E-state index in [1.807, 2.05) is 42.2 Å². The summed E-state index contributed by atoms with van der Waals surface area (Å²) in [5.41, 5.74) is 2.65. The fourth-order valence-corrected chi connectivity index (χ4v) is 2.99. The van der Waals surface area contributed by atoms with Crippen molar-refractivity contribution in [3.05, 3.63) is 39.8 Å². The molecular weight excluding hydrogens is 300 g/mol. The van der Waals surface area contributed by atoms with Gasteiger partial charge in [-0.05, 0) is 25.3 Å². The first kappa shape index (κ1) is 14.8. The van der Waals surface area contributed by atoms with Crippen LogP contribution < -0.4 is 5.32 Å². The van der Waals surface area contributed by atoms with Crippen LogP contribution in [0.25, 0.3) is 0 Å². The van der Waals surface area contributed by atoms with Crippen molar-refractivity contribution in [2.45, 2.75) is 39.5 Å². The summed E-state index contributed by atoms with van der Waals surface area (Å²) in [6, 6.07) is 3.96. The molecule has 2 aromatic heterocycles. The van der Waals surface area contributed by atoms with Crippen molar-refractivity contribution in [2.24, 2.45) is 5.16 Å². The zero-order chi connectivity index (χ0) is 15.5. The van der Waals surface area contributed by atoms with Crippen LogP contribution >= 0.6 is 11.3 Å². The lowest BCUT2D eigenvalue weighted by Gasteiger charge is -2.08. The average molecular weight is 318 g/mol. The molecule has 1 atom stereocenters. The molecule has 3 rings (SSSR count). The molecule has 0 saturated carbocycles. The minimum atomic E-state index is -0.556. The maximum Gasteiger partial charge on any atom is 0.264 e. The number of hydrogen-bond donors (Lipinski definition) is 1. The Hall–Kier alpha value is -2.15. The summed E-state index contributed by atoms with van der Waals surface area (Å²) in [6.45, 7) is 5.30. The molecule has 1 amide bonds. The Morgan fingerprint density at radius 3 is 3.14 bits per heavy atom. The van der Waals surface area contributed by atoms with E-state index in [9.17, 15) is 4.79 Å². The van der Waals surface area contributed by atoms with Gasteiger partial charge in [0.2, 0.25) is 6.10 Å². The smallest absolute Gasteiger partial charge is 0.264 e. The van der Waals surface area contributed by atoms with E-state index in [1.54, 1.807) is 11.3 Å². The zero-order valence-electron chi connectivity index (χ0n) is 12.6. The number of rotatable bonds is 5. The summed E-state index contributed by atoms with van der Waals surface area (Å²) < 4.78 is 1.86. The number of aryl methyl sites for hydroxylation is 2. The van der Waals surface area contributed by atoms with Gasteiger partial charge in [-0.15, -0.1) is 11.3 Å². The predicted molar refractivity (Wildman–Crippen MR) is 84.8 cm³/mol. The number of nitrogens with zero attached hydrogens (tertiary/aromatic N) is 3. The van der Waals surface area contributed by atoms with E-state index < -0.39 is 6.10 Å². The minimum Gasteiger partial charge on any atom is -0.382 e. The number of aromatic nitrogens is 2. The van der Waals surface area contributed by atoms with Crippen LogP contribution in [0.4, 0.5) is 0 Å². The molecule has 0 aliphatic carbocycles. The van der Waals surface area contributed by atoms with Gasteiger partial charge in [0.1, 0.15) is 0 Å². The van der Waals surface area contributed by atoms with Crippen molar-refractivity contribution < 1.29 is 9.63 Å². The molecule has 0 bridgehead atoms. The fraction of sp³-hybridized carbons (Fsp3) is 0.400. The first-order valence-corrected chi connectivity index (χ1v) is 8.12. The van der Waals surface area contributed by atoms with Gasteiger partial charge in [0.25, 0.3) is 5.91 Å². The Morgan fingerprint density at radius 2 is 2.45 bits per heavy atom. The third-order valence-electron chi connectivity index (χ3n) is 3.56. The van der Waals surface area contributed by atoms with Gasteiger partial charge in [-0.25, -0.2) is 0 Å². The van der Waals surface area contributed by atoms with Gasteiger partial charge >= 0.3 is 0 Å². The topological polar surface area (TPSA) is 68.5 Å². The highest BCUT2D eigenvalue weighted by atomic mass is 32.1. The molecule has 1 aliphatic rings. The highest BCUT2D eigenvalue weighted by molar-refractivity contribution is 7.09. The predicted octanol–water partition coefficient (Wildman–Crippen LogP) is 2.08. The molecule has 116 valence electrons. The quantitative estimate of drug-likeness (QED) is 0.918. The van der Waals surface area contributed by atoms with E-state index in [0.29, 0.717) is 13.0 Å². The van der Waals surface area contributed by atoms with E-state index in [-0.39, 0.29) is 5.91 Å². The van der Waals surface area contributed by atoms with Gasteiger partial charge < -0.3 is 10.2 Å². The molecule has 2 aromatic rings. The summed E-state index contributed by atoms with van der Waals surface area (Å²) in [5.74, 6) is -0.132. The normalized spacial score (nSPS) is 17.2. The molecule has 0 saturated heterocycles. The Kier molecular flexibility index (Phi) is 4.24. The Bertz CT molecular complexity index is 690. The number of thiophene rings is 1. The fourth-order valence-electron chi connectivity index (χ4n) is 2.34. The van der Waals surface area contributed by atoms with Crippen LogP contribution in [0.1, 0.15) is 29.5 Å². The summed E-state index contributed by atoms with van der Waals surface area (Å²) >= 11 is 1.62. The van der Waals surface area contributed by atoms with Crippen molar-refractivity contribution in [3.63, 3.8) is 0 Å². The second kappa shape index (κ2) is 6.31. The average Bonchev–Trinajstić information content (AvgIpc) is 3.24. The summed E-state index contributed by atoms with van der Waals surface area (Å²) in [5, 5.41) is 13.3. The van der Waals surface area contributed by atoms with Gasteiger partial charge in [-0.2, -0.15) is 5.10 Å². The molecule has 3 heterocycles. The van der Waals surface area contributed by atoms with Crippen LogP contribution in [0, 0.1) is 6.92 Å². The number of oxime groups is 1. The van der Waals surface area contributed by atoms with Crippen LogP contribution in [-0.4, -0.2) is 27.5 Å². The van der Waals surface area contributed by atoms with Gasteiger partial charge in [-0.3, -0.25) is 9.48 Å². The van der Waals surface area contributed by atoms with Crippen LogP contribution in [-0.2, 0) is 22.7 Å².